The van der Waals surface area contributed by atoms with E-state index in [1.165, 1.54) is 6.92 Å². The van der Waals surface area contributed by atoms with E-state index in [4.69, 9.17) is 5.11 Å². The van der Waals surface area contributed by atoms with Gasteiger partial charge in [-0.3, -0.25) is 9.69 Å². The summed E-state index contributed by atoms with van der Waals surface area (Å²) in [6, 6.07) is 0. The summed E-state index contributed by atoms with van der Waals surface area (Å²) in [5.41, 5.74) is 0. The maximum absolute atomic E-state index is 10.3. The van der Waals surface area contributed by atoms with Gasteiger partial charge in [-0.05, 0) is 14.1 Å². The molecule has 0 rings (SSSR count). The van der Waals surface area contributed by atoms with Crippen LogP contribution < -0.4 is 5.32 Å². The maximum atomic E-state index is 10.3. The molecule has 0 saturated heterocycles. The highest BCUT2D eigenvalue weighted by molar-refractivity contribution is 5.72. The molecule has 1 amide bonds. The Hall–Kier alpha value is -0.610. The minimum Gasteiger partial charge on any atom is -0.377 e. The Balaban J connectivity index is 3.39. The summed E-state index contributed by atoms with van der Waals surface area (Å²) in [5, 5.41) is 11.6. The number of rotatable bonds is 3. The van der Waals surface area contributed by atoms with Crippen molar-refractivity contribution in [2.45, 2.75) is 13.2 Å². The van der Waals surface area contributed by atoms with Gasteiger partial charge in [0.25, 0.3) is 0 Å². The molecule has 0 heterocycles. The minimum absolute atomic E-state index is 0.124. The van der Waals surface area contributed by atoms with Crippen LogP contribution in [0.3, 0.4) is 0 Å². The van der Waals surface area contributed by atoms with E-state index < -0.39 is 6.23 Å². The fourth-order valence-electron chi connectivity index (χ4n) is 0.418. The van der Waals surface area contributed by atoms with Crippen LogP contribution in [0.5, 0.6) is 0 Å². The molecule has 0 aliphatic rings. The molecule has 4 heteroatoms. The average Bonchev–Trinajstić information content (AvgIpc) is 1.82. The molecule has 0 aliphatic carbocycles. The third-order valence-electron chi connectivity index (χ3n) is 1.13. The van der Waals surface area contributed by atoms with E-state index in [2.05, 4.69) is 5.32 Å². The summed E-state index contributed by atoms with van der Waals surface area (Å²) in [6.45, 7) is 1.70. The van der Waals surface area contributed by atoms with E-state index in [0.29, 0.717) is 0 Å². The zero-order chi connectivity index (χ0) is 8.15. The van der Waals surface area contributed by atoms with Crippen LogP contribution in [0, 0.1) is 0 Å². The Morgan fingerprint density at radius 2 is 2.20 bits per heavy atom. The molecule has 0 aromatic heterocycles. The molecule has 0 aromatic carbocycles. The Morgan fingerprint density at radius 1 is 1.70 bits per heavy atom. The molecule has 1 unspecified atom stereocenters. The van der Waals surface area contributed by atoms with Gasteiger partial charge in [0.2, 0.25) is 5.91 Å². The first kappa shape index (κ1) is 9.39. The SMILES string of the molecule is CC(=O)NCC(O)N(C)C. The number of hydrogen-bond donors (Lipinski definition) is 2. The lowest BCUT2D eigenvalue weighted by Crippen LogP contribution is -2.39. The predicted molar refractivity (Wildman–Crippen MR) is 38.4 cm³/mol. The highest BCUT2D eigenvalue weighted by atomic mass is 16.3. The smallest absolute Gasteiger partial charge is 0.217 e. The van der Waals surface area contributed by atoms with Gasteiger partial charge < -0.3 is 10.4 Å². The van der Waals surface area contributed by atoms with Gasteiger partial charge in [0.05, 0.1) is 6.54 Å². The number of carbonyl (C=O) groups is 1. The van der Waals surface area contributed by atoms with E-state index in [1.54, 1.807) is 19.0 Å². The number of hydrogen-bond acceptors (Lipinski definition) is 3. The van der Waals surface area contributed by atoms with Gasteiger partial charge in [0.15, 0.2) is 0 Å². The number of carbonyl (C=O) groups excluding carboxylic acids is 1. The van der Waals surface area contributed by atoms with Crippen LogP contribution in [-0.4, -0.2) is 42.8 Å². The summed E-state index contributed by atoms with van der Waals surface area (Å²) in [4.78, 5) is 12.0. The van der Waals surface area contributed by atoms with Gasteiger partial charge in [-0.1, -0.05) is 0 Å². The Bertz CT molecular complexity index is 114. The number of amides is 1. The second-order valence-corrected chi connectivity index (χ2v) is 2.38. The Kier molecular flexibility index (Phi) is 3.99. The van der Waals surface area contributed by atoms with Gasteiger partial charge in [0.1, 0.15) is 6.23 Å². The first-order valence-electron chi connectivity index (χ1n) is 3.13. The van der Waals surface area contributed by atoms with Gasteiger partial charge >= 0.3 is 0 Å². The molecule has 0 fully saturated rings. The van der Waals surface area contributed by atoms with Crippen LogP contribution in [0.25, 0.3) is 0 Å². The normalized spacial score (nSPS) is 13.3. The number of likely N-dealkylation sites (N-methyl/N-ethyl adjacent to an activating group) is 1. The second kappa shape index (κ2) is 4.24. The summed E-state index contributed by atoms with van der Waals surface area (Å²) < 4.78 is 0. The van der Waals surface area contributed by atoms with Crippen molar-refractivity contribution in [2.75, 3.05) is 20.6 Å². The van der Waals surface area contributed by atoms with E-state index >= 15 is 0 Å². The van der Waals surface area contributed by atoms with Crippen molar-refractivity contribution < 1.29 is 9.90 Å². The van der Waals surface area contributed by atoms with Gasteiger partial charge in [-0.25, -0.2) is 0 Å². The molecule has 60 valence electrons. The molecule has 0 aliphatic heterocycles. The maximum Gasteiger partial charge on any atom is 0.217 e. The highest BCUT2D eigenvalue weighted by Crippen LogP contribution is 1.83. The fourth-order valence-corrected chi connectivity index (χ4v) is 0.418. The quantitative estimate of drug-likeness (QED) is 0.502. The van der Waals surface area contributed by atoms with Crippen molar-refractivity contribution in [1.29, 1.82) is 0 Å². The minimum atomic E-state index is -0.594. The third-order valence-corrected chi connectivity index (χ3v) is 1.13. The lowest BCUT2D eigenvalue weighted by molar-refractivity contribution is -0.120. The number of nitrogens with one attached hydrogen (secondary N) is 1. The first-order valence-corrected chi connectivity index (χ1v) is 3.13. The molecule has 0 radical (unpaired) electrons. The van der Waals surface area contributed by atoms with Crippen LogP contribution in [0.15, 0.2) is 0 Å². The molecule has 0 spiro atoms. The zero-order valence-corrected chi connectivity index (χ0v) is 6.59. The van der Waals surface area contributed by atoms with E-state index in [0.717, 1.165) is 0 Å². The molecular weight excluding hydrogens is 132 g/mol. The monoisotopic (exact) mass is 146 g/mol. The van der Waals surface area contributed by atoms with Crippen molar-refractivity contribution in [1.82, 2.24) is 10.2 Å². The first-order chi connectivity index (χ1) is 4.54. The molecule has 0 saturated carbocycles. The molecule has 0 aromatic rings. The van der Waals surface area contributed by atoms with Crippen LogP contribution in [0.4, 0.5) is 0 Å². The molecular formula is C6H14N2O2. The van der Waals surface area contributed by atoms with E-state index in [9.17, 15) is 4.79 Å². The Morgan fingerprint density at radius 3 is 2.50 bits per heavy atom. The van der Waals surface area contributed by atoms with Crippen molar-refractivity contribution in [3.63, 3.8) is 0 Å². The van der Waals surface area contributed by atoms with E-state index in [-0.39, 0.29) is 12.5 Å². The lowest BCUT2D eigenvalue weighted by atomic mass is 10.5. The van der Waals surface area contributed by atoms with Crippen molar-refractivity contribution >= 4 is 5.91 Å². The molecule has 10 heavy (non-hydrogen) atoms. The summed E-state index contributed by atoms with van der Waals surface area (Å²) in [5.74, 6) is -0.124. The van der Waals surface area contributed by atoms with E-state index in [1.807, 2.05) is 0 Å². The molecule has 1 atom stereocenters. The number of aliphatic hydroxyl groups is 1. The van der Waals surface area contributed by atoms with Gasteiger partial charge in [-0.15, -0.1) is 0 Å². The number of nitrogens with zero attached hydrogens (tertiary/aromatic N) is 1. The number of aliphatic hydroxyl groups excluding tert-OH is 1. The van der Waals surface area contributed by atoms with Crippen molar-refractivity contribution in [2.24, 2.45) is 0 Å². The molecule has 2 N–H and O–H groups in total. The topological polar surface area (TPSA) is 52.6 Å². The lowest BCUT2D eigenvalue weighted by Gasteiger charge is -2.17. The zero-order valence-electron chi connectivity index (χ0n) is 6.59. The second-order valence-electron chi connectivity index (χ2n) is 2.38. The van der Waals surface area contributed by atoms with Crippen LogP contribution in [0.1, 0.15) is 6.92 Å². The van der Waals surface area contributed by atoms with Crippen LogP contribution >= 0.6 is 0 Å². The summed E-state index contributed by atoms with van der Waals surface area (Å²) in [7, 11) is 3.49. The van der Waals surface area contributed by atoms with Gasteiger partial charge in [-0.2, -0.15) is 0 Å². The standard InChI is InChI=1S/C6H14N2O2/c1-5(9)7-4-6(10)8(2)3/h6,10H,4H2,1-3H3,(H,7,9). The van der Waals surface area contributed by atoms with Crippen molar-refractivity contribution in [3.8, 4) is 0 Å². The largest absolute Gasteiger partial charge is 0.377 e. The van der Waals surface area contributed by atoms with Gasteiger partial charge in [0, 0.05) is 6.92 Å². The average molecular weight is 146 g/mol. The summed E-state index contributed by atoms with van der Waals surface area (Å²) >= 11 is 0. The Labute approximate surface area is 60.8 Å². The molecule has 0 bridgehead atoms. The van der Waals surface area contributed by atoms with Crippen LogP contribution in [0.2, 0.25) is 0 Å². The van der Waals surface area contributed by atoms with Crippen molar-refractivity contribution in [3.05, 3.63) is 0 Å². The summed E-state index contributed by atoms with van der Waals surface area (Å²) in [6.07, 6.45) is -0.594. The third kappa shape index (κ3) is 4.29. The fraction of sp³-hybridized carbons (Fsp3) is 0.833. The highest BCUT2D eigenvalue weighted by Gasteiger charge is 2.05. The van der Waals surface area contributed by atoms with Crippen LogP contribution in [-0.2, 0) is 4.79 Å². The molecule has 4 nitrogen and oxygen atoms in total. The predicted octanol–water partition coefficient (Wildman–Crippen LogP) is -0.997.